The second kappa shape index (κ2) is 5.02. The number of allylic oxidation sites excluding steroid dienone is 1. The minimum atomic E-state index is 0.0731. The first-order chi connectivity index (χ1) is 8.52. The molecule has 0 amide bonds. The van der Waals surface area contributed by atoms with Gasteiger partial charge in [0.25, 0.3) is 0 Å². The zero-order valence-corrected chi connectivity index (χ0v) is 11.7. The van der Waals surface area contributed by atoms with Crippen LogP contribution in [0.3, 0.4) is 0 Å². The number of halogens is 1. The van der Waals surface area contributed by atoms with E-state index in [-0.39, 0.29) is 5.92 Å². The Bertz CT molecular complexity index is 550. The molecule has 18 heavy (non-hydrogen) atoms. The molecule has 0 saturated heterocycles. The van der Waals surface area contributed by atoms with Crippen LogP contribution < -0.4 is 0 Å². The minimum absolute atomic E-state index is 0.0731. The van der Waals surface area contributed by atoms with Gasteiger partial charge < -0.3 is 9.14 Å². The van der Waals surface area contributed by atoms with Crippen molar-refractivity contribution in [3.8, 4) is 0 Å². The number of hydrogen-bond donors (Lipinski definition) is 0. The molecular formula is C14H17ClN2O. The first-order valence-corrected chi connectivity index (χ1v) is 6.37. The van der Waals surface area contributed by atoms with E-state index >= 15 is 0 Å². The molecule has 2 rings (SSSR count). The first kappa shape index (κ1) is 13.0. The van der Waals surface area contributed by atoms with E-state index < -0.39 is 0 Å². The van der Waals surface area contributed by atoms with Crippen molar-refractivity contribution in [3.05, 3.63) is 47.1 Å². The van der Waals surface area contributed by atoms with Gasteiger partial charge in [0.1, 0.15) is 5.65 Å². The third-order valence-electron chi connectivity index (χ3n) is 3.01. The lowest BCUT2D eigenvalue weighted by Gasteiger charge is -2.12. The van der Waals surface area contributed by atoms with Gasteiger partial charge in [0.05, 0.1) is 29.0 Å². The largest absolute Gasteiger partial charge is 0.498 e. The Hall–Kier alpha value is -1.48. The molecule has 2 heterocycles. The highest BCUT2D eigenvalue weighted by Gasteiger charge is 2.15. The number of aryl methyl sites for hydroxylation is 1. The lowest BCUT2D eigenvalue weighted by atomic mass is 10.1. The summed E-state index contributed by atoms with van der Waals surface area (Å²) in [5.74, 6) is 0.813. The molecule has 0 fully saturated rings. The summed E-state index contributed by atoms with van der Waals surface area (Å²) in [5, 5.41) is 0.739. The van der Waals surface area contributed by atoms with Crippen molar-refractivity contribution < 1.29 is 4.74 Å². The summed E-state index contributed by atoms with van der Waals surface area (Å²) in [6.07, 6.45) is 3.84. The van der Waals surface area contributed by atoms with E-state index in [1.54, 1.807) is 0 Å². The normalized spacial score (nSPS) is 12.7. The Morgan fingerprint density at radius 2 is 2.28 bits per heavy atom. The standard InChI is InChI=1S/C14H17ClN2O/c1-5-18-11(4)10(3)13-8-17-7-12(15)9(2)6-14(17)16-13/h6-8,10H,4-5H2,1-3H3. The molecule has 4 heteroatoms. The summed E-state index contributed by atoms with van der Waals surface area (Å²) in [7, 11) is 0. The number of pyridine rings is 1. The van der Waals surface area contributed by atoms with Gasteiger partial charge in [0, 0.05) is 12.4 Å². The van der Waals surface area contributed by atoms with Crippen LogP contribution in [0.2, 0.25) is 5.02 Å². The zero-order chi connectivity index (χ0) is 13.3. The number of nitrogens with zero attached hydrogens (tertiary/aromatic N) is 2. The molecule has 0 aromatic carbocycles. The highest BCUT2D eigenvalue weighted by molar-refractivity contribution is 6.31. The molecule has 0 spiro atoms. The fraction of sp³-hybridized carbons (Fsp3) is 0.357. The molecule has 0 N–H and O–H groups in total. The van der Waals surface area contributed by atoms with Gasteiger partial charge in [0.2, 0.25) is 0 Å². The summed E-state index contributed by atoms with van der Waals surface area (Å²) in [4.78, 5) is 4.58. The topological polar surface area (TPSA) is 26.5 Å². The van der Waals surface area contributed by atoms with Gasteiger partial charge in [-0.1, -0.05) is 18.2 Å². The molecule has 0 saturated carbocycles. The molecule has 1 atom stereocenters. The molecule has 96 valence electrons. The van der Waals surface area contributed by atoms with Gasteiger partial charge in [-0.2, -0.15) is 0 Å². The maximum atomic E-state index is 6.10. The van der Waals surface area contributed by atoms with Crippen LogP contribution in [0.4, 0.5) is 0 Å². The highest BCUT2D eigenvalue weighted by Crippen LogP contribution is 2.24. The predicted molar refractivity (Wildman–Crippen MR) is 74.1 cm³/mol. The van der Waals surface area contributed by atoms with E-state index in [0.29, 0.717) is 6.61 Å². The fourth-order valence-electron chi connectivity index (χ4n) is 1.81. The second-order valence-electron chi connectivity index (χ2n) is 4.36. The van der Waals surface area contributed by atoms with E-state index in [1.807, 2.05) is 43.6 Å². The summed E-state index contributed by atoms with van der Waals surface area (Å²) in [5.41, 5.74) is 2.86. The van der Waals surface area contributed by atoms with Crippen LogP contribution in [0.1, 0.15) is 31.0 Å². The fourth-order valence-corrected chi connectivity index (χ4v) is 1.97. The Morgan fingerprint density at radius 3 is 2.94 bits per heavy atom. The molecule has 2 aromatic rings. The van der Waals surface area contributed by atoms with Gasteiger partial charge in [-0.15, -0.1) is 0 Å². The Kier molecular flexibility index (Phi) is 3.62. The SMILES string of the molecule is C=C(OCC)C(C)c1cn2cc(Cl)c(C)cc2n1. The van der Waals surface area contributed by atoms with Crippen LogP contribution >= 0.6 is 11.6 Å². The molecule has 2 aromatic heterocycles. The average molecular weight is 265 g/mol. The number of ether oxygens (including phenoxy) is 1. The van der Waals surface area contributed by atoms with E-state index in [1.165, 1.54) is 0 Å². The highest BCUT2D eigenvalue weighted by atomic mass is 35.5. The molecule has 0 aliphatic rings. The summed E-state index contributed by atoms with van der Waals surface area (Å²) < 4.78 is 7.36. The Morgan fingerprint density at radius 1 is 1.56 bits per heavy atom. The lowest BCUT2D eigenvalue weighted by Crippen LogP contribution is -2.01. The van der Waals surface area contributed by atoms with Crippen LogP contribution in [0.25, 0.3) is 5.65 Å². The van der Waals surface area contributed by atoms with E-state index in [2.05, 4.69) is 11.6 Å². The minimum Gasteiger partial charge on any atom is -0.498 e. The molecule has 0 aliphatic carbocycles. The number of aromatic nitrogens is 2. The maximum absolute atomic E-state index is 6.10. The average Bonchev–Trinajstić information content (AvgIpc) is 2.72. The van der Waals surface area contributed by atoms with Crippen LogP contribution in [0.15, 0.2) is 30.8 Å². The summed E-state index contributed by atoms with van der Waals surface area (Å²) >= 11 is 6.10. The second-order valence-corrected chi connectivity index (χ2v) is 4.76. The number of fused-ring (bicyclic) bond motifs is 1. The van der Waals surface area contributed by atoms with Crippen molar-refractivity contribution in [2.75, 3.05) is 6.61 Å². The summed E-state index contributed by atoms with van der Waals surface area (Å²) in [6.45, 7) is 10.5. The first-order valence-electron chi connectivity index (χ1n) is 5.99. The Labute approximate surface area is 112 Å². The van der Waals surface area contributed by atoms with E-state index in [9.17, 15) is 0 Å². The van der Waals surface area contributed by atoms with Crippen LogP contribution in [0.5, 0.6) is 0 Å². The van der Waals surface area contributed by atoms with Crippen molar-refractivity contribution in [2.24, 2.45) is 0 Å². The van der Waals surface area contributed by atoms with Crippen LogP contribution in [-0.4, -0.2) is 16.0 Å². The van der Waals surface area contributed by atoms with Crippen LogP contribution in [0, 0.1) is 6.92 Å². The van der Waals surface area contributed by atoms with Crippen molar-refractivity contribution in [1.29, 1.82) is 0 Å². The summed E-state index contributed by atoms with van der Waals surface area (Å²) in [6, 6.07) is 1.97. The molecule has 0 bridgehead atoms. The molecule has 1 unspecified atom stereocenters. The maximum Gasteiger partial charge on any atom is 0.137 e. The zero-order valence-electron chi connectivity index (χ0n) is 10.9. The number of imidazole rings is 1. The molecule has 0 aliphatic heterocycles. The van der Waals surface area contributed by atoms with E-state index in [4.69, 9.17) is 16.3 Å². The van der Waals surface area contributed by atoms with Crippen molar-refractivity contribution in [3.63, 3.8) is 0 Å². The van der Waals surface area contributed by atoms with Gasteiger partial charge >= 0.3 is 0 Å². The lowest BCUT2D eigenvalue weighted by molar-refractivity contribution is 0.212. The van der Waals surface area contributed by atoms with Gasteiger partial charge in [0.15, 0.2) is 0 Å². The molecular weight excluding hydrogens is 248 g/mol. The monoisotopic (exact) mass is 264 g/mol. The van der Waals surface area contributed by atoms with Crippen molar-refractivity contribution in [1.82, 2.24) is 9.38 Å². The third-order valence-corrected chi connectivity index (χ3v) is 3.41. The Balaban J connectivity index is 2.38. The quantitative estimate of drug-likeness (QED) is 0.782. The molecule has 3 nitrogen and oxygen atoms in total. The predicted octanol–water partition coefficient (Wildman–Crippen LogP) is 3.95. The third kappa shape index (κ3) is 2.36. The van der Waals surface area contributed by atoms with Gasteiger partial charge in [-0.25, -0.2) is 4.98 Å². The van der Waals surface area contributed by atoms with Crippen LogP contribution in [-0.2, 0) is 4.74 Å². The number of rotatable bonds is 4. The van der Waals surface area contributed by atoms with Crippen molar-refractivity contribution in [2.45, 2.75) is 26.7 Å². The van der Waals surface area contributed by atoms with Crippen molar-refractivity contribution >= 4 is 17.2 Å². The smallest absolute Gasteiger partial charge is 0.137 e. The van der Waals surface area contributed by atoms with Gasteiger partial charge in [-0.3, -0.25) is 0 Å². The molecule has 0 radical (unpaired) electrons. The number of hydrogen-bond acceptors (Lipinski definition) is 2. The van der Waals surface area contributed by atoms with E-state index in [0.717, 1.165) is 27.7 Å². The van der Waals surface area contributed by atoms with Gasteiger partial charge in [-0.05, 0) is 32.4 Å².